The van der Waals surface area contributed by atoms with Crippen LogP contribution < -0.4 is 5.73 Å². The molecular weight excluding hydrogens is 298 g/mol. The predicted octanol–water partition coefficient (Wildman–Crippen LogP) is 4.84. The van der Waals surface area contributed by atoms with E-state index in [4.69, 9.17) is 18.0 Å². The highest BCUT2D eigenvalue weighted by Crippen LogP contribution is 2.68. The van der Waals surface area contributed by atoms with Crippen molar-refractivity contribution >= 4 is 17.2 Å². The summed E-state index contributed by atoms with van der Waals surface area (Å²) in [7, 11) is 0. The Kier molecular flexibility index (Phi) is 3.03. The molecule has 23 heavy (non-hydrogen) atoms. The molecule has 2 atom stereocenters. The third-order valence-electron chi connectivity index (χ3n) is 7.71. The second kappa shape index (κ2) is 4.81. The van der Waals surface area contributed by atoms with Gasteiger partial charge in [0.15, 0.2) is 0 Å². The molecule has 2 heteroatoms. The van der Waals surface area contributed by atoms with Crippen molar-refractivity contribution in [2.24, 2.45) is 34.8 Å². The largest absolute Gasteiger partial charge is 0.393 e. The van der Waals surface area contributed by atoms with E-state index in [2.05, 4.69) is 30.3 Å². The first-order valence-corrected chi connectivity index (χ1v) is 9.87. The van der Waals surface area contributed by atoms with Crippen molar-refractivity contribution < 1.29 is 0 Å². The molecule has 0 aromatic heterocycles. The van der Waals surface area contributed by atoms with E-state index in [0.29, 0.717) is 5.41 Å². The van der Waals surface area contributed by atoms with Crippen LogP contribution in [-0.2, 0) is 5.41 Å². The Labute approximate surface area is 145 Å². The molecule has 0 saturated heterocycles. The van der Waals surface area contributed by atoms with Crippen LogP contribution in [0.25, 0.3) is 0 Å². The van der Waals surface area contributed by atoms with Crippen molar-refractivity contribution in [3.8, 4) is 0 Å². The van der Waals surface area contributed by atoms with Gasteiger partial charge in [-0.25, -0.2) is 0 Å². The van der Waals surface area contributed by atoms with Gasteiger partial charge in [-0.1, -0.05) is 55.4 Å². The molecule has 1 aromatic rings. The third-order valence-corrected chi connectivity index (χ3v) is 8.14. The maximum atomic E-state index is 6.32. The molecule has 2 unspecified atom stereocenters. The second-order valence-corrected chi connectivity index (χ2v) is 9.59. The lowest BCUT2D eigenvalue weighted by Gasteiger charge is -2.65. The van der Waals surface area contributed by atoms with Crippen LogP contribution in [-0.4, -0.2) is 4.99 Å². The van der Waals surface area contributed by atoms with Gasteiger partial charge in [0, 0.05) is 5.41 Å². The van der Waals surface area contributed by atoms with Crippen molar-refractivity contribution in [3.05, 3.63) is 35.9 Å². The summed E-state index contributed by atoms with van der Waals surface area (Å²) in [6.45, 7) is 0. The highest BCUT2D eigenvalue weighted by molar-refractivity contribution is 7.80. The van der Waals surface area contributed by atoms with Crippen LogP contribution in [0.5, 0.6) is 0 Å². The number of hydrogen-bond acceptors (Lipinski definition) is 1. The van der Waals surface area contributed by atoms with Crippen molar-refractivity contribution in [1.82, 2.24) is 0 Å². The van der Waals surface area contributed by atoms with E-state index in [-0.39, 0.29) is 5.41 Å². The first kappa shape index (κ1) is 14.5. The van der Waals surface area contributed by atoms with E-state index >= 15 is 0 Å². The zero-order valence-electron chi connectivity index (χ0n) is 13.8. The van der Waals surface area contributed by atoms with E-state index in [1.165, 1.54) is 51.4 Å². The zero-order valence-corrected chi connectivity index (χ0v) is 14.7. The minimum Gasteiger partial charge on any atom is -0.393 e. The Morgan fingerprint density at radius 2 is 1.70 bits per heavy atom. The Balaban J connectivity index is 1.54. The summed E-state index contributed by atoms with van der Waals surface area (Å²) in [5.41, 5.74) is 8.40. The monoisotopic (exact) mass is 325 g/mol. The van der Waals surface area contributed by atoms with Gasteiger partial charge in [0.1, 0.15) is 0 Å². The molecule has 5 aliphatic rings. The molecule has 5 fully saturated rings. The summed E-state index contributed by atoms with van der Waals surface area (Å²) in [5.74, 6) is 3.73. The quantitative estimate of drug-likeness (QED) is 0.802. The molecule has 0 spiro atoms. The summed E-state index contributed by atoms with van der Waals surface area (Å²) < 4.78 is 0. The highest BCUT2D eigenvalue weighted by atomic mass is 32.1. The van der Waals surface area contributed by atoms with Crippen LogP contribution in [0.15, 0.2) is 30.3 Å². The Morgan fingerprint density at radius 3 is 2.26 bits per heavy atom. The molecule has 1 nitrogen and oxygen atoms in total. The smallest absolute Gasteiger partial charge is 0.0790 e. The van der Waals surface area contributed by atoms with Gasteiger partial charge < -0.3 is 5.73 Å². The van der Waals surface area contributed by atoms with Gasteiger partial charge in [-0.2, -0.15) is 0 Å². The van der Waals surface area contributed by atoms with Gasteiger partial charge in [0.2, 0.25) is 0 Å². The van der Waals surface area contributed by atoms with Crippen LogP contribution in [0.2, 0.25) is 0 Å². The topological polar surface area (TPSA) is 26.0 Å². The molecule has 0 amide bonds. The minimum absolute atomic E-state index is 0.164. The molecule has 122 valence electrons. The molecular formula is C21H27NS. The summed E-state index contributed by atoms with van der Waals surface area (Å²) >= 11 is 5.60. The Hall–Kier alpha value is -0.890. The Morgan fingerprint density at radius 1 is 1.04 bits per heavy atom. The van der Waals surface area contributed by atoms with Gasteiger partial charge in [-0.05, 0) is 73.2 Å². The third kappa shape index (κ3) is 2.13. The van der Waals surface area contributed by atoms with Crippen molar-refractivity contribution in [3.63, 3.8) is 0 Å². The summed E-state index contributed by atoms with van der Waals surface area (Å²) in [4.78, 5) is 0.817. The number of hydrogen-bond donors (Lipinski definition) is 1. The van der Waals surface area contributed by atoms with E-state index in [0.717, 1.165) is 28.7 Å². The van der Waals surface area contributed by atoms with E-state index in [1.54, 1.807) is 5.56 Å². The van der Waals surface area contributed by atoms with Crippen molar-refractivity contribution in [2.75, 3.05) is 0 Å². The maximum Gasteiger partial charge on any atom is 0.0790 e. The highest BCUT2D eigenvalue weighted by Gasteiger charge is 2.62. The molecule has 1 aromatic carbocycles. The van der Waals surface area contributed by atoms with Gasteiger partial charge in [-0.15, -0.1) is 0 Å². The van der Waals surface area contributed by atoms with Crippen LogP contribution in [0.1, 0.15) is 56.9 Å². The molecule has 6 rings (SSSR count). The standard InChI is InChI=1S/C21H27NS/c22-19(23)21-11-15-9-20(13-21,17-4-2-1-3-5-17)10-16(12-21)18(15)8-14-6-7-14/h1-5,14-16,18H,6-13H2,(H2,22,23). The average Bonchev–Trinajstić information content (AvgIpc) is 3.35. The lowest BCUT2D eigenvalue weighted by Crippen LogP contribution is -2.61. The van der Waals surface area contributed by atoms with E-state index < -0.39 is 0 Å². The summed E-state index contributed by atoms with van der Waals surface area (Å²) in [5, 5.41) is 0. The lowest BCUT2D eigenvalue weighted by molar-refractivity contribution is -0.0845. The molecule has 4 bridgehead atoms. The summed E-state index contributed by atoms with van der Waals surface area (Å²) in [6.07, 6.45) is 11.0. The van der Waals surface area contributed by atoms with Crippen LogP contribution in [0, 0.1) is 29.1 Å². The van der Waals surface area contributed by atoms with E-state index in [1.807, 2.05) is 0 Å². The van der Waals surface area contributed by atoms with Crippen LogP contribution in [0.4, 0.5) is 0 Å². The van der Waals surface area contributed by atoms with Gasteiger partial charge in [0.05, 0.1) is 4.99 Å². The van der Waals surface area contributed by atoms with Gasteiger partial charge in [-0.3, -0.25) is 0 Å². The molecule has 2 N–H and O–H groups in total. The number of benzene rings is 1. The van der Waals surface area contributed by atoms with Gasteiger partial charge >= 0.3 is 0 Å². The molecule has 5 aliphatic carbocycles. The van der Waals surface area contributed by atoms with Crippen LogP contribution in [0.3, 0.4) is 0 Å². The second-order valence-electron chi connectivity index (χ2n) is 9.15. The summed E-state index contributed by atoms with van der Waals surface area (Å²) in [6, 6.07) is 11.3. The number of rotatable bonds is 4. The normalized spacial score (nSPS) is 44.4. The first-order chi connectivity index (χ1) is 11.1. The van der Waals surface area contributed by atoms with E-state index in [9.17, 15) is 0 Å². The van der Waals surface area contributed by atoms with Crippen molar-refractivity contribution in [1.29, 1.82) is 0 Å². The lowest BCUT2D eigenvalue weighted by atomic mass is 9.40. The number of nitrogens with two attached hydrogens (primary N) is 1. The fraction of sp³-hybridized carbons (Fsp3) is 0.667. The molecule has 0 aliphatic heterocycles. The average molecular weight is 326 g/mol. The minimum atomic E-state index is 0.164. The molecule has 0 radical (unpaired) electrons. The fourth-order valence-corrected chi connectivity index (χ4v) is 7.03. The SMILES string of the molecule is NC(=S)C12CC3CC(c4ccccc4)(CC(C1)C3CC1CC1)C2. The predicted molar refractivity (Wildman–Crippen MR) is 98.2 cm³/mol. The van der Waals surface area contributed by atoms with Crippen molar-refractivity contribution in [2.45, 2.75) is 56.8 Å². The van der Waals surface area contributed by atoms with Crippen LogP contribution >= 0.6 is 12.2 Å². The maximum absolute atomic E-state index is 6.32. The fourth-order valence-electron chi connectivity index (χ4n) is 6.79. The Bertz CT molecular complexity index is 617. The first-order valence-electron chi connectivity index (χ1n) is 9.46. The van der Waals surface area contributed by atoms with Gasteiger partial charge in [0.25, 0.3) is 0 Å². The molecule has 0 heterocycles. The number of thiocarbonyl (C=S) groups is 1. The zero-order chi connectivity index (χ0) is 15.7. The molecule has 5 saturated carbocycles.